The molecule has 1 aromatic heterocycles. The number of rotatable bonds is 1. The van der Waals surface area contributed by atoms with E-state index >= 15 is 0 Å². The molecule has 0 unspecified atom stereocenters. The number of nitrogens with zero attached hydrogens (tertiary/aromatic N) is 1. The zero-order valence-electron chi connectivity index (χ0n) is 11.1. The monoisotopic (exact) mass is 340 g/mol. The largest absolute Gasteiger partial charge is 0.374 e. The summed E-state index contributed by atoms with van der Waals surface area (Å²) in [6.07, 6.45) is 6.01. The Bertz CT molecular complexity index is 570. The van der Waals surface area contributed by atoms with Crippen LogP contribution in [0.25, 0.3) is 0 Å². The fourth-order valence-electron chi connectivity index (χ4n) is 3.09. The van der Waals surface area contributed by atoms with Crippen molar-refractivity contribution in [3.05, 3.63) is 32.7 Å². The second-order valence-corrected chi connectivity index (χ2v) is 6.18. The van der Waals surface area contributed by atoms with Crippen LogP contribution in [-0.4, -0.2) is 41.1 Å². The van der Waals surface area contributed by atoms with Crippen LogP contribution in [0.4, 0.5) is 0 Å². The van der Waals surface area contributed by atoms with Crippen molar-refractivity contribution < 1.29 is 9.53 Å². The number of ether oxygens (including phenoxy) is 1. The third-order valence-electron chi connectivity index (χ3n) is 4.10. The van der Waals surface area contributed by atoms with Gasteiger partial charge in [0.2, 0.25) is 0 Å². The number of hydrogen-bond acceptors (Lipinski definition) is 3. The molecule has 20 heavy (non-hydrogen) atoms. The van der Waals surface area contributed by atoms with Crippen LogP contribution in [-0.2, 0) is 4.74 Å². The van der Waals surface area contributed by atoms with Crippen LogP contribution < -0.4 is 5.56 Å². The Balaban J connectivity index is 1.84. The van der Waals surface area contributed by atoms with Crippen LogP contribution in [0.15, 0.2) is 21.5 Å². The van der Waals surface area contributed by atoms with Crippen molar-refractivity contribution >= 4 is 21.8 Å². The number of amides is 1. The minimum absolute atomic E-state index is 0.0258. The SMILES string of the molecule is O=C(c1c[nH]c(=O)c(Br)c1)N1CCO[C@H]2CCCC[C@@H]21. The summed E-state index contributed by atoms with van der Waals surface area (Å²) < 4.78 is 6.17. The van der Waals surface area contributed by atoms with Gasteiger partial charge < -0.3 is 14.6 Å². The molecule has 0 bridgehead atoms. The predicted molar refractivity (Wildman–Crippen MR) is 77.8 cm³/mol. The Morgan fingerprint density at radius 2 is 2.20 bits per heavy atom. The summed E-state index contributed by atoms with van der Waals surface area (Å²) in [6, 6.07) is 1.77. The van der Waals surface area contributed by atoms with E-state index in [-0.39, 0.29) is 23.6 Å². The maximum atomic E-state index is 12.6. The first-order valence-corrected chi connectivity index (χ1v) is 7.77. The summed E-state index contributed by atoms with van der Waals surface area (Å²) in [5.41, 5.74) is 0.293. The van der Waals surface area contributed by atoms with Crippen molar-refractivity contribution in [3.63, 3.8) is 0 Å². The van der Waals surface area contributed by atoms with Crippen LogP contribution in [0.3, 0.4) is 0 Å². The normalized spacial score (nSPS) is 26.1. The molecule has 2 heterocycles. The molecule has 1 aromatic rings. The molecule has 1 N–H and O–H groups in total. The molecule has 1 aliphatic carbocycles. The molecular formula is C14H17BrN2O3. The van der Waals surface area contributed by atoms with Crippen LogP contribution in [0, 0.1) is 0 Å². The summed E-state index contributed by atoms with van der Waals surface area (Å²) in [6.45, 7) is 1.22. The average molecular weight is 341 g/mol. The Labute approximate surface area is 125 Å². The number of carbonyl (C=O) groups excluding carboxylic acids is 1. The molecule has 2 aliphatic rings. The molecule has 6 heteroatoms. The molecule has 0 aromatic carbocycles. The average Bonchev–Trinajstić information content (AvgIpc) is 2.49. The van der Waals surface area contributed by atoms with E-state index in [1.807, 2.05) is 4.90 Å². The number of H-pyrrole nitrogens is 1. The van der Waals surface area contributed by atoms with Gasteiger partial charge in [0, 0.05) is 12.7 Å². The van der Waals surface area contributed by atoms with E-state index in [1.165, 1.54) is 12.6 Å². The van der Waals surface area contributed by atoms with E-state index in [9.17, 15) is 9.59 Å². The van der Waals surface area contributed by atoms with Crippen molar-refractivity contribution in [2.75, 3.05) is 13.2 Å². The first-order valence-electron chi connectivity index (χ1n) is 6.97. The highest BCUT2D eigenvalue weighted by atomic mass is 79.9. The molecule has 1 amide bonds. The van der Waals surface area contributed by atoms with Crippen molar-refractivity contribution in [1.29, 1.82) is 0 Å². The number of aromatic nitrogens is 1. The van der Waals surface area contributed by atoms with E-state index in [4.69, 9.17) is 4.74 Å². The van der Waals surface area contributed by atoms with Crippen LogP contribution in [0.1, 0.15) is 36.0 Å². The molecule has 108 valence electrons. The van der Waals surface area contributed by atoms with Crippen LogP contribution >= 0.6 is 15.9 Å². The zero-order chi connectivity index (χ0) is 14.1. The topological polar surface area (TPSA) is 62.4 Å². The molecule has 5 nitrogen and oxygen atoms in total. The number of fused-ring (bicyclic) bond motifs is 1. The lowest BCUT2D eigenvalue weighted by molar-refractivity contribution is -0.0752. The zero-order valence-corrected chi connectivity index (χ0v) is 12.7. The van der Waals surface area contributed by atoms with Gasteiger partial charge in [-0.3, -0.25) is 9.59 Å². The number of hydrogen-bond donors (Lipinski definition) is 1. The molecule has 1 saturated heterocycles. The highest BCUT2D eigenvalue weighted by Gasteiger charge is 2.37. The van der Waals surface area contributed by atoms with Crippen molar-refractivity contribution in [2.45, 2.75) is 37.8 Å². The Morgan fingerprint density at radius 1 is 1.40 bits per heavy atom. The number of halogens is 1. The Hall–Kier alpha value is -1.14. The molecule has 3 rings (SSSR count). The summed E-state index contributed by atoms with van der Waals surface area (Å²) in [4.78, 5) is 28.5. The molecule has 2 fully saturated rings. The second kappa shape index (κ2) is 5.69. The van der Waals surface area contributed by atoms with E-state index in [1.54, 1.807) is 6.07 Å². The van der Waals surface area contributed by atoms with Crippen LogP contribution in [0.5, 0.6) is 0 Å². The maximum absolute atomic E-state index is 12.6. The van der Waals surface area contributed by atoms with Gasteiger partial charge in [0.15, 0.2) is 0 Å². The van der Waals surface area contributed by atoms with E-state index in [2.05, 4.69) is 20.9 Å². The number of carbonyl (C=O) groups is 1. The van der Waals surface area contributed by atoms with Crippen LogP contribution in [0.2, 0.25) is 0 Å². The minimum atomic E-state index is -0.223. The number of aromatic amines is 1. The maximum Gasteiger partial charge on any atom is 0.262 e. The first-order chi connectivity index (χ1) is 9.66. The fourth-order valence-corrected chi connectivity index (χ4v) is 3.45. The lowest BCUT2D eigenvalue weighted by atomic mass is 9.90. The van der Waals surface area contributed by atoms with E-state index in [0.717, 1.165) is 19.3 Å². The van der Waals surface area contributed by atoms with E-state index in [0.29, 0.717) is 23.2 Å². The Morgan fingerprint density at radius 3 is 3.00 bits per heavy atom. The van der Waals surface area contributed by atoms with Gasteiger partial charge in [-0.1, -0.05) is 12.8 Å². The smallest absolute Gasteiger partial charge is 0.262 e. The molecule has 0 spiro atoms. The van der Waals surface area contributed by atoms with Gasteiger partial charge in [-0.25, -0.2) is 0 Å². The number of pyridine rings is 1. The van der Waals surface area contributed by atoms with Gasteiger partial charge in [0.05, 0.1) is 28.8 Å². The molecule has 2 atom stereocenters. The quantitative estimate of drug-likeness (QED) is 0.849. The van der Waals surface area contributed by atoms with Gasteiger partial charge in [-0.05, 0) is 34.8 Å². The van der Waals surface area contributed by atoms with E-state index < -0.39 is 0 Å². The molecule has 1 saturated carbocycles. The first kappa shape index (κ1) is 13.8. The van der Waals surface area contributed by atoms with Crippen molar-refractivity contribution in [1.82, 2.24) is 9.88 Å². The summed E-state index contributed by atoms with van der Waals surface area (Å²) >= 11 is 3.17. The van der Waals surface area contributed by atoms with Gasteiger partial charge in [0.1, 0.15) is 0 Å². The molecular weight excluding hydrogens is 324 g/mol. The fraction of sp³-hybridized carbons (Fsp3) is 0.571. The molecule has 0 radical (unpaired) electrons. The van der Waals surface area contributed by atoms with Gasteiger partial charge in [-0.15, -0.1) is 0 Å². The number of morpholine rings is 1. The third-order valence-corrected chi connectivity index (χ3v) is 4.69. The molecule has 1 aliphatic heterocycles. The standard InChI is InChI=1S/C14H17BrN2O3/c15-10-7-9(8-16-13(10)18)14(19)17-5-6-20-12-4-2-1-3-11(12)17/h7-8,11-12H,1-6H2,(H,16,18)/t11-,12-/m0/s1. The van der Waals surface area contributed by atoms with Gasteiger partial charge >= 0.3 is 0 Å². The van der Waals surface area contributed by atoms with Crippen molar-refractivity contribution in [2.24, 2.45) is 0 Å². The summed E-state index contributed by atoms with van der Waals surface area (Å²) in [7, 11) is 0. The predicted octanol–water partition coefficient (Wildman–Crippen LogP) is 1.92. The second-order valence-electron chi connectivity index (χ2n) is 5.33. The minimum Gasteiger partial charge on any atom is -0.374 e. The number of nitrogens with one attached hydrogen (secondary N) is 1. The van der Waals surface area contributed by atoms with Gasteiger partial charge in [0.25, 0.3) is 11.5 Å². The summed E-state index contributed by atoms with van der Waals surface area (Å²) in [5, 5.41) is 0. The lowest BCUT2D eigenvalue weighted by Crippen LogP contribution is -2.54. The third kappa shape index (κ3) is 2.54. The van der Waals surface area contributed by atoms with Gasteiger partial charge in [-0.2, -0.15) is 0 Å². The van der Waals surface area contributed by atoms with Crippen molar-refractivity contribution in [3.8, 4) is 0 Å². The highest BCUT2D eigenvalue weighted by molar-refractivity contribution is 9.10. The highest BCUT2D eigenvalue weighted by Crippen LogP contribution is 2.29. The Kier molecular flexibility index (Phi) is 3.94. The summed E-state index contributed by atoms with van der Waals surface area (Å²) in [5.74, 6) is -0.0258. The lowest BCUT2D eigenvalue weighted by Gasteiger charge is -2.43.